The molecular formula is C14H14N2O2S2. The molecule has 0 amide bonds. The third-order valence-corrected chi connectivity index (χ3v) is 5.34. The average molecular weight is 306 g/mol. The van der Waals surface area contributed by atoms with Gasteiger partial charge in [-0.25, -0.2) is 8.42 Å². The Labute approximate surface area is 122 Å². The Hall–Kier alpha value is -1.81. The first-order valence-electron chi connectivity index (χ1n) is 5.89. The predicted octanol–water partition coefficient (Wildman–Crippen LogP) is 2.17. The summed E-state index contributed by atoms with van der Waals surface area (Å²) in [4.78, 5) is 0. The van der Waals surface area contributed by atoms with Gasteiger partial charge in [-0.2, -0.15) is 0 Å². The number of benzene rings is 1. The highest BCUT2D eigenvalue weighted by atomic mass is 32.2. The van der Waals surface area contributed by atoms with E-state index >= 15 is 0 Å². The molecule has 3 N–H and O–H groups in total. The molecule has 0 unspecified atom stereocenters. The van der Waals surface area contributed by atoms with Crippen LogP contribution in [0.1, 0.15) is 11.1 Å². The second kappa shape index (κ2) is 6.09. The molecule has 20 heavy (non-hydrogen) atoms. The number of nitrogens with two attached hydrogens (primary N) is 1. The molecule has 1 heterocycles. The zero-order valence-electron chi connectivity index (χ0n) is 10.9. The van der Waals surface area contributed by atoms with Gasteiger partial charge in [0.05, 0.1) is 6.54 Å². The van der Waals surface area contributed by atoms with E-state index in [0.29, 0.717) is 16.4 Å². The van der Waals surface area contributed by atoms with Crippen molar-refractivity contribution >= 4 is 27.0 Å². The molecule has 0 saturated heterocycles. The Kier molecular flexibility index (Phi) is 4.45. The summed E-state index contributed by atoms with van der Waals surface area (Å²) in [5.74, 6) is 5.72. The molecule has 4 nitrogen and oxygen atoms in total. The van der Waals surface area contributed by atoms with Gasteiger partial charge >= 0.3 is 0 Å². The van der Waals surface area contributed by atoms with Gasteiger partial charge in [0, 0.05) is 11.3 Å². The molecule has 0 saturated carbocycles. The number of anilines is 1. The molecule has 0 spiro atoms. The van der Waals surface area contributed by atoms with Gasteiger partial charge in [0.1, 0.15) is 4.21 Å². The summed E-state index contributed by atoms with van der Waals surface area (Å²) in [6.07, 6.45) is 0. The van der Waals surface area contributed by atoms with E-state index in [1.165, 1.54) is 11.3 Å². The van der Waals surface area contributed by atoms with Crippen molar-refractivity contribution in [1.82, 2.24) is 0 Å². The largest absolute Gasteiger partial charge is 0.320 e. The van der Waals surface area contributed by atoms with Crippen LogP contribution in [0.4, 0.5) is 5.69 Å². The molecule has 0 bridgehead atoms. The average Bonchev–Trinajstić information content (AvgIpc) is 2.92. The van der Waals surface area contributed by atoms with E-state index < -0.39 is 10.0 Å². The number of rotatable bonds is 3. The zero-order chi connectivity index (χ0) is 14.6. The van der Waals surface area contributed by atoms with Gasteiger partial charge in [0.15, 0.2) is 0 Å². The fraction of sp³-hybridized carbons (Fsp3) is 0.143. The van der Waals surface area contributed by atoms with E-state index in [9.17, 15) is 8.42 Å². The number of aryl methyl sites for hydroxylation is 1. The van der Waals surface area contributed by atoms with Gasteiger partial charge in [0.2, 0.25) is 0 Å². The zero-order valence-corrected chi connectivity index (χ0v) is 12.5. The van der Waals surface area contributed by atoms with Crippen molar-refractivity contribution in [3.8, 4) is 11.8 Å². The molecule has 0 aliphatic rings. The van der Waals surface area contributed by atoms with E-state index in [-0.39, 0.29) is 0 Å². The van der Waals surface area contributed by atoms with E-state index in [1.807, 2.05) is 6.92 Å². The van der Waals surface area contributed by atoms with E-state index in [1.54, 1.807) is 35.7 Å². The lowest BCUT2D eigenvalue weighted by Gasteiger charge is -2.08. The summed E-state index contributed by atoms with van der Waals surface area (Å²) in [5, 5.41) is 1.73. The third kappa shape index (κ3) is 3.39. The van der Waals surface area contributed by atoms with Crippen LogP contribution in [0, 0.1) is 18.8 Å². The van der Waals surface area contributed by atoms with Crippen LogP contribution in [0.25, 0.3) is 0 Å². The van der Waals surface area contributed by atoms with Gasteiger partial charge < -0.3 is 5.73 Å². The first-order chi connectivity index (χ1) is 9.53. The second-order valence-corrected chi connectivity index (χ2v) is 6.93. The van der Waals surface area contributed by atoms with Gasteiger partial charge in [-0.05, 0) is 42.1 Å². The van der Waals surface area contributed by atoms with Crippen molar-refractivity contribution in [2.24, 2.45) is 5.73 Å². The summed E-state index contributed by atoms with van der Waals surface area (Å²) in [6, 6.07) is 8.51. The SMILES string of the molecule is Cc1cc(NS(=O)(=O)c2cccs2)ccc1C#CCN. The number of sulfonamides is 1. The highest BCUT2D eigenvalue weighted by Gasteiger charge is 2.15. The molecule has 2 rings (SSSR count). The van der Waals surface area contributed by atoms with Gasteiger partial charge in [-0.15, -0.1) is 11.3 Å². The lowest BCUT2D eigenvalue weighted by Crippen LogP contribution is -2.11. The van der Waals surface area contributed by atoms with Crippen LogP contribution in [0.2, 0.25) is 0 Å². The summed E-state index contributed by atoms with van der Waals surface area (Å²) < 4.78 is 27.0. The maximum Gasteiger partial charge on any atom is 0.271 e. The quantitative estimate of drug-likeness (QED) is 0.854. The minimum absolute atomic E-state index is 0.294. The first kappa shape index (κ1) is 14.6. The van der Waals surface area contributed by atoms with Crippen molar-refractivity contribution < 1.29 is 8.42 Å². The number of nitrogens with one attached hydrogen (secondary N) is 1. The van der Waals surface area contributed by atoms with Crippen molar-refractivity contribution in [2.75, 3.05) is 11.3 Å². The van der Waals surface area contributed by atoms with Crippen LogP contribution >= 0.6 is 11.3 Å². The van der Waals surface area contributed by atoms with Crippen LogP contribution in [0.5, 0.6) is 0 Å². The molecule has 0 aliphatic heterocycles. The van der Waals surface area contributed by atoms with Crippen LogP contribution in [0.3, 0.4) is 0 Å². The highest BCUT2D eigenvalue weighted by Crippen LogP contribution is 2.21. The lowest BCUT2D eigenvalue weighted by molar-refractivity contribution is 0.603. The van der Waals surface area contributed by atoms with Crippen LogP contribution in [-0.2, 0) is 10.0 Å². The second-order valence-electron chi connectivity index (χ2n) is 4.07. The smallest absolute Gasteiger partial charge is 0.271 e. The minimum Gasteiger partial charge on any atom is -0.320 e. The number of hydrogen-bond acceptors (Lipinski definition) is 4. The Morgan fingerprint density at radius 3 is 2.75 bits per heavy atom. The standard InChI is InChI=1S/C14H14N2O2S2/c1-11-10-13(7-6-12(11)4-2-8-15)16-20(17,18)14-5-3-9-19-14/h3,5-7,9-10,16H,8,15H2,1H3. The topological polar surface area (TPSA) is 72.2 Å². The maximum absolute atomic E-state index is 12.1. The van der Waals surface area contributed by atoms with Gasteiger partial charge in [-0.3, -0.25) is 4.72 Å². The molecule has 6 heteroatoms. The summed E-state index contributed by atoms with van der Waals surface area (Å²) in [5.41, 5.74) is 7.59. The Bertz CT molecular complexity index is 754. The highest BCUT2D eigenvalue weighted by molar-refractivity contribution is 7.94. The summed E-state index contributed by atoms with van der Waals surface area (Å²) in [7, 11) is -3.50. The number of thiophene rings is 1. The van der Waals surface area contributed by atoms with Gasteiger partial charge in [0.25, 0.3) is 10.0 Å². The molecule has 0 aliphatic carbocycles. The van der Waals surface area contributed by atoms with Crippen molar-refractivity contribution in [3.05, 3.63) is 46.8 Å². The normalized spacial score (nSPS) is 10.7. The molecule has 1 aromatic heterocycles. The van der Waals surface area contributed by atoms with Crippen LogP contribution in [0.15, 0.2) is 39.9 Å². The fourth-order valence-corrected chi connectivity index (χ4v) is 3.68. The Morgan fingerprint density at radius 2 is 2.15 bits per heavy atom. The molecular weight excluding hydrogens is 292 g/mol. The monoisotopic (exact) mass is 306 g/mol. The van der Waals surface area contributed by atoms with Crippen LogP contribution < -0.4 is 10.5 Å². The van der Waals surface area contributed by atoms with Crippen molar-refractivity contribution in [1.29, 1.82) is 0 Å². The third-order valence-electron chi connectivity index (χ3n) is 2.56. The summed E-state index contributed by atoms with van der Waals surface area (Å²) in [6.45, 7) is 2.18. The molecule has 0 atom stereocenters. The van der Waals surface area contributed by atoms with Crippen molar-refractivity contribution in [3.63, 3.8) is 0 Å². The lowest BCUT2D eigenvalue weighted by atomic mass is 10.1. The molecule has 2 aromatic rings. The molecule has 1 aromatic carbocycles. The molecule has 104 valence electrons. The van der Waals surface area contributed by atoms with E-state index in [2.05, 4.69) is 16.6 Å². The Morgan fingerprint density at radius 1 is 1.35 bits per heavy atom. The fourth-order valence-electron chi connectivity index (χ4n) is 1.64. The first-order valence-corrected chi connectivity index (χ1v) is 8.25. The number of hydrogen-bond donors (Lipinski definition) is 2. The summed E-state index contributed by atoms with van der Waals surface area (Å²) >= 11 is 1.18. The molecule has 0 radical (unpaired) electrons. The Balaban J connectivity index is 2.25. The van der Waals surface area contributed by atoms with E-state index in [4.69, 9.17) is 5.73 Å². The maximum atomic E-state index is 12.1. The van der Waals surface area contributed by atoms with Gasteiger partial charge in [-0.1, -0.05) is 17.9 Å². The van der Waals surface area contributed by atoms with E-state index in [0.717, 1.165) is 11.1 Å². The predicted molar refractivity (Wildman–Crippen MR) is 82.2 cm³/mol. The minimum atomic E-state index is -3.50. The van der Waals surface area contributed by atoms with Crippen LogP contribution in [-0.4, -0.2) is 15.0 Å². The van der Waals surface area contributed by atoms with Crippen molar-refractivity contribution in [2.45, 2.75) is 11.1 Å². The molecule has 0 fully saturated rings.